The number of hydrazine groups is 1. The van der Waals surface area contributed by atoms with E-state index >= 15 is 0 Å². The van der Waals surface area contributed by atoms with Crippen LogP contribution >= 0.6 is 0 Å². The molecule has 0 aliphatic rings. The highest BCUT2D eigenvalue weighted by molar-refractivity contribution is 6.06. The van der Waals surface area contributed by atoms with Gasteiger partial charge >= 0.3 is 0 Å². The summed E-state index contributed by atoms with van der Waals surface area (Å²) in [5.74, 6) is -1.56. The number of carbonyl (C=O) groups is 2. The molecule has 3 aromatic rings. The fraction of sp³-hybridized carbons (Fsp3) is 0.111. The minimum Gasteiger partial charge on any atom is -0.507 e. The van der Waals surface area contributed by atoms with Crippen LogP contribution in [-0.2, 0) is 6.54 Å². The van der Waals surface area contributed by atoms with Crippen molar-refractivity contribution in [2.24, 2.45) is 0 Å². The summed E-state index contributed by atoms with van der Waals surface area (Å²) < 4.78 is 1.18. The maximum absolute atomic E-state index is 12.5. The van der Waals surface area contributed by atoms with E-state index in [1.54, 1.807) is 43.3 Å². The Kier molecular flexibility index (Phi) is 4.66. The number of benzene rings is 2. The van der Waals surface area contributed by atoms with Crippen LogP contribution in [0.5, 0.6) is 5.75 Å². The normalized spacial score (nSPS) is 10.5. The van der Waals surface area contributed by atoms with Crippen LogP contribution in [0.25, 0.3) is 10.8 Å². The van der Waals surface area contributed by atoms with Crippen molar-refractivity contribution in [2.75, 3.05) is 0 Å². The van der Waals surface area contributed by atoms with E-state index in [0.29, 0.717) is 17.3 Å². The van der Waals surface area contributed by atoms with Gasteiger partial charge < -0.3 is 5.11 Å². The van der Waals surface area contributed by atoms with Crippen LogP contribution < -0.4 is 16.4 Å². The van der Waals surface area contributed by atoms with Crippen LogP contribution in [0.1, 0.15) is 27.8 Å². The zero-order chi connectivity index (χ0) is 18.7. The predicted molar refractivity (Wildman–Crippen MR) is 94.7 cm³/mol. The van der Waals surface area contributed by atoms with E-state index in [0.717, 1.165) is 0 Å². The Morgan fingerprint density at radius 3 is 2.31 bits per heavy atom. The third-order valence-electron chi connectivity index (χ3n) is 3.82. The first-order valence-electron chi connectivity index (χ1n) is 7.91. The lowest BCUT2D eigenvalue weighted by Crippen LogP contribution is -2.42. The number of aromatic nitrogens is 2. The SMILES string of the molecule is CCn1nc(C(=O)NNC(=O)c2ccccc2O)c2ccccc2c1=O. The van der Waals surface area contributed by atoms with Gasteiger partial charge in [0.25, 0.3) is 17.4 Å². The minimum atomic E-state index is -0.676. The number of aryl methyl sites for hydroxylation is 1. The molecule has 0 aliphatic carbocycles. The number of nitrogens with zero attached hydrogens (tertiary/aromatic N) is 2. The van der Waals surface area contributed by atoms with Gasteiger partial charge in [-0.25, -0.2) is 4.68 Å². The lowest BCUT2D eigenvalue weighted by Gasteiger charge is -2.11. The molecule has 2 amide bonds. The smallest absolute Gasteiger partial charge is 0.290 e. The Hall–Kier alpha value is -3.68. The van der Waals surface area contributed by atoms with E-state index in [9.17, 15) is 19.5 Å². The van der Waals surface area contributed by atoms with Gasteiger partial charge in [0, 0.05) is 11.9 Å². The molecule has 0 spiro atoms. The number of phenolic OH excluding ortho intramolecular Hbond substituents is 1. The first kappa shape index (κ1) is 17.2. The molecule has 0 aliphatic heterocycles. The van der Waals surface area contributed by atoms with Crippen molar-refractivity contribution >= 4 is 22.6 Å². The molecule has 0 fully saturated rings. The Bertz CT molecular complexity index is 1060. The second-order valence-corrected chi connectivity index (χ2v) is 5.44. The average molecular weight is 352 g/mol. The molecular formula is C18H16N4O4. The van der Waals surface area contributed by atoms with Crippen LogP contribution in [0.3, 0.4) is 0 Å². The van der Waals surface area contributed by atoms with E-state index in [2.05, 4.69) is 16.0 Å². The molecule has 8 nitrogen and oxygen atoms in total. The van der Waals surface area contributed by atoms with Gasteiger partial charge in [-0.1, -0.05) is 30.3 Å². The molecule has 1 heterocycles. The van der Waals surface area contributed by atoms with Crippen molar-refractivity contribution in [3.63, 3.8) is 0 Å². The molecule has 26 heavy (non-hydrogen) atoms. The fourth-order valence-corrected chi connectivity index (χ4v) is 2.52. The van der Waals surface area contributed by atoms with Crippen molar-refractivity contribution in [3.8, 4) is 5.75 Å². The maximum atomic E-state index is 12.5. The topological polar surface area (TPSA) is 113 Å². The number of hydrogen-bond acceptors (Lipinski definition) is 5. The van der Waals surface area contributed by atoms with Crippen molar-refractivity contribution in [1.29, 1.82) is 0 Å². The Balaban J connectivity index is 1.89. The highest BCUT2D eigenvalue weighted by atomic mass is 16.3. The fourth-order valence-electron chi connectivity index (χ4n) is 2.52. The largest absolute Gasteiger partial charge is 0.507 e. The molecule has 3 N–H and O–H groups in total. The summed E-state index contributed by atoms with van der Waals surface area (Å²) in [5.41, 5.74) is 4.23. The average Bonchev–Trinajstić information content (AvgIpc) is 2.66. The predicted octanol–water partition coefficient (Wildman–Crippen LogP) is 1.20. The highest BCUT2D eigenvalue weighted by Gasteiger charge is 2.17. The number of para-hydroxylation sites is 1. The quantitative estimate of drug-likeness (QED) is 0.613. The van der Waals surface area contributed by atoms with E-state index in [1.807, 2.05) is 0 Å². The van der Waals surface area contributed by atoms with Crippen molar-refractivity contribution in [1.82, 2.24) is 20.6 Å². The number of hydrogen-bond donors (Lipinski definition) is 3. The van der Waals surface area contributed by atoms with E-state index in [-0.39, 0.29) is 22.6 Å². The Morgan fingerprint density at radius 2 is 1.62 bits per heavy atom. The van der Waals surface area contributed by atoms with Gasteiger partial charge in [-0.05, 0) is 25.1 Å². The molecule has 0 saturated heterocycles. The summed E-state index contributed by atoms with van der Waals surface area (Å²) in [6, 6.07) is 12.6. The zero-order valence-corrected chi connectivity index (χ0v) is 13.9. The monoisotopic (exact) mass is 352 g/mol. The second-order valence-electron chi connectivity index (χ2n) is 5.44. The Morgan fingerprint density at radius 1 is 1.00 bits per heavy atom. The van der Waals surface area contributed by atoms with Gasteiger partial charge in [-0.3, -0.25) is 25.2 Å². The Labute approximate surface area is 148 Å². The van der Waals surface area contributed by atoms with Gasteiger partial charge in [0.15, 0.2) is 5.69 Å². The van der Waals surface area contributed by atoms with Gasteiger partial charge in [-0.15, -0.1) is 0 Å². The number of aromatic hydroxyl groups is 1. The number of fused-ring (bicyclic) bond motifs is 1. The minimum absolute atomic E-state index is 0.0135. The lowest BCUT2D eigenvalue weighted by atomic mass is 10.1. The highest BCUT2D eigenvalue weighted by Crippen LogP contribution is 2.15. The molecule has 2 aromatic carbocycles. The summed E-state index contributed by atoms with van der Waals surface area (Å²) >= 11 is 0. The zero-order valence-electron chi connectivity index (χ0n) is 13.9. The number of nitrogens with one attached hydrogen (secondary N) is 2. The number of rotatable bonds is 3. The summed E-state index contributed by atoms with van der Waals surface area (Å²) in [7, 11) is 0. The van der Waals surface area contributed by atoms with Crippen LogP contribution in [0, 0.1) is 0 Å². The van der Waals surface area contributed by atoms with Crippen molar-refractivity contribution in [2.45, 2.75) is 13.5 Å². The standard InChI is InChI=1S/C18H16N4O4/c1-2-22-18(26)12-8-4-3-7-11(12)15(21-22)17(25)20-19-16(24)13-9-5-6-10-14(13)23/h3-10,23H,2H2,1H3,(H,19,24)(H,20,25). The first-order valence-corrected chi connectivity index (χ1v) is 7.91. The molecule has 1 aromatic heterocycles. The van der Waals surface area contributed by atoms with Gasteiger partial charge in [0.2, 0.25) is 0 Å². The molecule has 0 atom stereocenters. The summed E-state index contributed by atoms with van der Waals surface area (Å²) in [6.45, 7) is 2.04. The molecule has 0 bridgehead atoms. The van der Waals surface area contributed by atoms with Crippen molar-refractivity contribution in [3.05, 3.63) is 70.1 Å². The first-order chi connectivity index (χ1) is 12.5. The van der Waals surface area contributed by atoms with E-state index in [1.165, 1.54) is 16.8 Å². The summed E-state index contributed by atoms with van der Waals surface area (Å²) in [6.07, 6.45) is 0. The molecule has 3 rings (SSSR count). The third kappa shape index (κ3) is 3.12. The van der Waals surface area contributed by atoms with E-state index in [4.69, 9.17) is 0 Å². The summed E-state index contributed by atoms with van der Waals surface area (Å²) in [5, 5.41) is 14.5. The van der Waals surface area contributed by atoms with Crippen LogP contribution in [0.15, 0.2) is 53.3 Å². The van der Waals surface area contributed by atoms with Gasteiger partial charge in [0.05, 0.1) is 10.9 Å². The molecule has 8 heteroatoms. The van der Waals surface area contributed by atoms with Gasteiger partial charge in [-0.2, -0.15) is 5.10 Å². The number of carbonyl (C=O) groups excluding carboxylic acids is 2. The molecule has 0 unspecified atom stereocenters. The lowest BCUT2D eigenvalue weighted by molar-refractivity contribution is 0.0842. The number of phenols is 1. The van der Waals surface area contributed by atoms with Gasteiger partial charge in [0.1, 0.15) is 5.75 Å². The maximum Gasteiger partial charge on any atom is 0.290 e. The van der Waals surface area contributed by atoms with Crippen LogP contribution in [0.2, 0.25) is 0 Å². The molecular weight excluding hydrogens is 336 g/mol. The molecule has 132 valence electrons. The number of amides is 2. The van der Waals surface area contributed by atoms with Crippen LogP contribution in [-0.4, -0.2) is 26.7 Å². The van der Waals surface area contributed by atoms with Crippen molar-refractivity contribution < 1.29 is 14.7 Å². The van der Waals surface area contributed by atoms with Crippen LogP contribution in [0.4, 0.5) is 0 Å². The summed E-state index contributed by atoms with van der Waals surface area (Å²) in [4.78, 5) is 36.9. The second kappa shape index (κ2) is 7.06. The van der Waals surface area contributed by atoms with E-state index < -0.39 is 11.8 Å². The molecule has 0 radical (unpaired) electrons. The molecule has 0 saturated carbocycles. The third-order valence-corrected chi connectivity index (χ3v) is 3.82.